The van der Waals surface area contributed by atoms with Crippen molar-refractivity contribution in [2.45, 2.75) is 6.04 Å². The Balaban J connectivity index is 2.08. The van der Waals surface area contributed by atoms with E-state index in [1.807, 2.05) is 30.3 Å². The zero-order valence-electron chi connectivity index (χ0n) is 9.58. The fourth-order valence-electron chi connectivity index (χ4n) is 1.66. The average Bonchev–Trinajstić information content (AvgIpc) is 2.78. The van der Waals surface area contributed by atoms with Gasteiger partial charge in [-0.1, -0.05) is 52.9 Å². The van der Waals surface area contributed by atoms with Crippen LogP contribution in [0.3, 0.4) is 0 Å². The average molecular weight is 357 g/mol. The summed E-state index contributed by atoms with van der Waals surface area (Å²) >= 11 is 2.14. The van der Waals surface area contributed by atoms with Crippen LogP contribution in [0, 0.1) is 0 Å². The number of alkyl halides is 1. The number of ether oxygens (including phenoxy) is 1. The zero-order valence-corrected chi connectivity index (χ0v) is 11.7. The highest BCUT2D eigenvalue weighted by molar-refractivity contribution is 14.1. The lowest BCUT2D eigenvalue weighted by Gasteiger charge is -2.15. The second-order valence-corrected chi connectivity index (χ2v) is 4.72. The summed E-state index contributed by atoms with van der Waals surface area (Å²) in [6, 6.07) is 9.31. The van der Waals surface area contributed by atoms with Crippen molar-refractivity contribution in [3.05, 3.63) is 42.0 Å². The first-order valence-electron chi connectivity index (χ1n) is 5.51. The topological polar surface area (TPSA) is 46.6 Å². The Bertz CT molecular complexity index is 472. The van der Waals surface area contributed by atoms with E-state index in [1.165, 1.54) is 11.0 Å². The Morgan fingerprint density at radius 3 is 2.83 bits per heavy atom. The van der Waals surface area contributed by atoms with Crippen LogP contribution < -0.4 is 0 Å². The van der Waals surface area contributed by atoms with Crippen molar-refractivity contribution in [3.63, 3.8) is 0 Å². The Kier molecular flexibility index (Phi) is 4.35. The SMILES string of the molecule is O=C(/C=C/c1ccccc1)N1C(=O)OC[C@@H]1CI. The van der Waals surface area contributed by atoms with E-state index in [1.54, 1.807) is 6.08 Å². The number of cyclic esters (lactones) is 1. The molecule has 1 aromatic rings. The summed E-state index contributed by atoms with van der Waals surface area (Å²) in [5.41, 5.74) is 0.921. The maximum atomic E-state index is 11.9. The van der Waals surface area contributed by atoms with Gasteiger partial charge in [0.2, 0.25) is 0 Å². The largest absolute Gasteiger partial charge is 0.447 e. The first-order chi connectivity index (χ1) is 8.72. The van der Waals surface area contributed by atoms with Crippen molar-refractivity contribution < 1.29 is 14.3 Å². The molecule has 1 aliphatic heterocycles. The minimum Gasteiger partial charge on any atom is -0.447 e. The molecular weight excluding hydrogens is 345 g/mol. The molecule has 0 radical (unpaired) electrons. The molecule has 0 bridgehead atoms. The maximum Gasteiger partial charge on any atom is 0.417 e. The summed E-state index contributed by atoms with van der Waals surface area (Å²) in [5.74, 6) is -0.331. The first-order valence-corrected chi connectivity index (χ1v) is 7.04. The third-order valence-electron chi connectivity index (χ3n) is 2.59. The van der Waals surface area contributed by atoms with Crippen LogP contribution in [0.1, 0.15) is 5.56 Å². The van der Waals surface area contributed by atoms with Gasteiger partial charge in [-0.2, -0.15) is 0 Å². The monoisotopic (exact) mass is 357 g/mol. The number of amides is 2. The van der Waals surface area contributed by atoms with Gasteiger partial charge in [-0.05, 0) is 11.6 Å². The first kappa shape index (κ1) is 13.1. The van der Waals surface area contributed by atoms with Crippen LogP contribution in [-0.4, -0.2) is 34.0 Å². The lowest BCUT2D eigenvalue weighted by atomic mass is 10.2. The molecule has 5 heteroatoms. The van der Waals surface area contributed by atoms with E-state index < -0.39 is 6.09 Å². The molecule has 94 valence electrons. The van der Waals surface area contributed by atoms with Gasteiger partial charge in [0, 0.05) is 10.5 Å². The second kappa shape index (κ2) is 5.99. The fraction of sp³-hybridized carbons (Fsp3) is 0.231. The van der Waals surface area contributed by atoms with E-state index in [-0.39, 0.29) is 18.6 Å². The van der Waals surface area contributed by atoms with Crippen molar-refractivity contribution in [1.29, 1.82) is 0 Å². The molecule has 18 heavy (non-hydrogen) atoms. The molecule has 0 N–H and O–H groups in total. The van der Waals surface area contributed by atoms with Gasteiger partial charge in [-0.3, -0.25) is 4.79 Å². The second-order valence-electron chi connectivity index (χ2n) is 3.84. The highest BCUT2D eigenvalue weighted by atomic mass is 127. The molecule has 1 fully saturated rings. The molecule has 1 aliphatic rings. The number of hydrogen-bond acceptors (Lipinski definition) is 3. The van der Waals surface area contributed by atoms with Gasteiger partial charge in [0.1, 0.15) is 6.61 Å². The Hall–Kier alpha value is -1.37. The van der Waals surface area contributed by atoms with Crippen molar-refractivity contribution >= 4 is 40.7 Å². The van der Waals surface area contributed by atoms with Gasteiger partial charge in [-0.15, -0.1) is 0 Å². The standard InChI is InChI=1S/C13H12INO3/c14-8-11-9-18-13(17)15(11)12(16)7-6-10-4-2-1-3-5-10/h1-7,11H,8-9H2/b7-6+/t11-/m0/s1. The van der Waals surface area contributed by atoms with Gasteiger partial charge in [0.25, 0.3) is 5.91 Å². The highest BCUT2D eigenvalue weighted by Gasteiger charge is 2.35. The summed E-state index contributed by atoms with van der Waals surface area (Å²) in [5, 5.41) is 0. The summed E-state index contributed by atoms with van der Waals surface area (Å²) in [7, 11) is 0. The molecule has 0 aromatic heterocycles. The predicted octanol–water partition coefficient (Wildman–Crippen LogP) is 2.48. The molecule has 0 aliphatic carbocycles. The lowest BCUT2D eigenvalue weighted by molar-refractivity contribution is -0.123. The van der Waals surface area contributed by atoms with Gasteiger partial charge >= 0.3 is 6.09 Å². The summed E-state index contributed by atoms with van der Waals surface area (Å²) in [6.45, 7) is 0.284. The van der Waals surface area contributed by atoms with Crippen LogP contribution >= 0.6 is 22.6 Å². The lowest BCUT2D eigenvalue weighted by Crippen LogP contribution is -2.38. The van der Waals surface area contributed by atoms with Crippen LogP contribution in [0.5, 0.6) is 0 Å². The van der Waals surface area contributed by atoms with Crippen LogP contribution in [0.25, 0.3) is 6.08 Å². The van der Waals surface area contributed by atoms with Crippen molar-refractivity contribution in [2.24, 2.45) is 0 Å². The van der Waals surface area contributed by atoms with Crippen LogP contribution in [0.2, 0.25) is 0 Å². The fourth-order valence-corrected chi connectivity index (χ4v) is 2.30. The Morgan fingerprint density at radius 2 is 2.17 bits per heavy atom. The molecule has 1 aromatic carbocycles. The van der Waals surface area contributed by atoms with E-state index in [2.05, 4.69) is 22.6 Å². The highest BCUT2D eigenvalue weighted by Crippen LogP contribution is 2.15. The number of imide groups is 1. The molecule has 1 heterocycles. The number of carbonyl (C=O) groups is 2. The summed E-state index contributed by atoms with van der Waals surface area (Å²) in [6.07, 6.45) is 2.54. The number of halogens is 1. The molecule has 1 atom stereocenters. The predicted molar refractivity (Wildman–Crippen MR) is 76.3 cm³/mol. The smallest absolute Gasteiger partial charge is 0.417 e. The third-order valence-corrected chi connectivity index (χ3v) is 3.61. The summed E-state index contributed by atoms with van der Waals surface area (Å²) in [4.78, 5) is 24.5. The number of hydrogen-bond donors (Lipinski definition) is 0. The van der Waals surface area contributed by atoms with Crippen molar-refractivity contribution in [2.75, 3.05) is 11.0 Å². The van der Waals surface area contributed by atoms with Gasteiger partial charge < -0.3 is 4.74 Å². The molecule has 2 amide bonds. The molecule has 0 saturated carbocycles. The van der Waals surface area contributed by atoms with Crippen molar-refractivity contribution in [1.82, 2.24) is 4.90 Å². The molecule has 4 nitrogen and oxygen atoms in total. The maximum absolute atomic E-state index is 11.9. The molecule has 0 unspecified atom stereocenters. The zero-order chi connectivity index (χ0) is 13.0. The Morgan fingerprint density at radius 1 is 1.44 bits per heavy atom. The summed E-state index contributed by atoms with van der Waals surface area (Å²) < 4.78 is 5.54. The van der Waals surface area contributed by atoms with E-state index >= 15 is 0 Å². The molecule has 0 spiro atoms. The van der Waals surface area contributed by atoms with E-state index in [0.717, 1.165) is 5.56 Å². The van der Waals surface area contributed by atoms with Crippen LogP contribution in [0.4, 0.5) is 4.79 Å². The third kappa shape index (κ3) is 2.90. The van der Waals surface area contributed by atoms with E-state index in [0.29, 0.717) is 4.43 Å². The van der Waals surface area contributed by atoms with Gasteiger partial charge in [-0.25, -0.2) is 9.69 Å². The minimum absolute atomic E-state index is 0.161. The van der Waals surface area contributed by atoms with E-state index in [9.17, 15) is 9.59 Å². The molecular formula is C13H12INO3. The van der Waals surface area contributed by atoms with E-state index in [4.69, 9.17) is 4.74 Å². The quantitative estimate of drug-likeness (QED) is 0.474. The molecule has 2 rings (SSSR count). The number of carbonyl (C=O) groups excluding carboxylic acids is 2. The number of rotatable bonds is 3. The van der Waals surface area contributed by atoms with Crippen LogP contribution in [-0.2, 0) is 9.53 Å². The Labute approximate surface area is 119 Å². The molecule has 1 saturated heterocycles. The van der Waals surface area contributed by atoms with Crippen molar-refractivity contribution in [3.8, 4) is 0 Å². The normalized spacial score (nSPS) is 19.3. The number of nitrogens with zero attached hydrogens (tertiary/aromatic N) is 1. The van der Waals surface area contributed by atoms with Crippen LogP contribution in [0.15, 0.2) is 36.4 Å². The van der Waals surface area contributed by atoms with Gasteiger partial charge in [0.15, 0.2) is 0 Å². The number of benzene rings is 1. The minimum atomic E-state index is -0.556. The van der Waals surface area contributed by atoms with Gasteiger partial charge in [0.05, 0.1) is 6.04 Å².